The molecule has 1 saturated heterocycles. The third-order valence-electron chi connectivity index (χ3n) is 4.16. The highest BCUT2D eigenvalue weighted by Gasteiger charge is 2.27. The molecule has 0 bridgehead atoms. The molecular formula is C15H25BrClN3O. The number of rotatable bonds is 3. The second kappa shape index (κ2) is 7.65. The summed E-state index contributed by atoms with van der Waals surface area (Å²) >= 11 is 3.46. The summed E-state index contributed by atoms with van der Waals surface area (Å²) in [6.07, 6.45) is 3.99. The first-order chi connectivity index (χ1) is 9.40. The monoisotopic (exact) mass is 377 g/mol. The molecule has 0 saturated carbocycles. The summed E-state index contributed by atoms with van der Waals surface area (Å²) in [7, 11) is 0. The van der Waals surface area contributed by atoms with Crippen molar-refractivity contribution in [3.63, 3.8) is 0 Å². The molecule has 0 aromatic carbocycles. The molecule has 6 heteroatoms. The minimum Gasteiger partial charge on any atom is -0.340 e. The normalized spacial score (nSPS) is 17.7. The molecule has 1 unspecified atom stereocenters. The molecule has 1 aromatic heterocycles. The van der Waals surface area contributed by atoms with E-state index in [-0.39, 0.29) is 30.4 Å². The van der Waals surface area contributed by atoms with Crippen LogP contribution in [0.25, 0.3) is 0 Å². The first-order valence-electron chi connectivity index (χ1n) is 7.32. The number of aromatic nitrogens is 1. The van der Waals surface area contributed by atoms with Crippen molar-refractivity contribution in [2.75, 3.05) is 13.1 Å². The van der Waals surface area contributed by atoms with E-state index in [4.69, 9.17) is 5.73 Å². The van der Waals surface area contributed by atoms with E-state index >= 15 is 0 Å². The number of carbonyl (C=O) groups excluding carboxylic acids is 1. The number of nitrogens with two attached hydrogens (primary N) is 1. The van der Waals surface area contributed by atoms with Crippen molar-refractivity contribution in [2.45, 2.75) is 45.7 Å². The summed E-state index contributed by atoms with van der Waals surface area (Å²) in [6.45, 7) is 7.86. The fourth-order valence-corrected chi connectivity index (χ4v) is 3.27. The largest absolute Gasteiger partial charge is 0.340 e. The van der Waals surface area contributed by atoms with Crippen molar-refractivity contribution in [2.24, 2.45) is 11.7 Å². The zero-order valence-electron chi connectivity index (χ0n) is 12.9. The van der Waals surface area contributed by atoms with Gasteiger partial charge in [0, 0.05) is 35.8 Å². The van der Waals surface area contributed by atoms with Gasteiger partial charge in [0.25, 0.3) is 5.91 Å². The zero-order chi connectivity index (χ0) is 14.9. The van der Waals surface area contributed by atoms with Gasteiger partial charge in [-0.2, -0.15) is 0 Å². The van der Waals surface area contributed by atoms with Crippen LogP contribution in [-0.2, 0) is 0 Å². The number of hydrogen-bond acceptors (Lipinski definition) is 2. The zero-order valence-corrected chi connectivity index (χ0v) is 15.3. The summed E-state index contributed by atoms with van der Waals surface area (Å²) in [5.74, 6) is 0.676. The molecule has 120 valence electrons. The lowest BCUT2D eigenvalue weighted by atomic mass is 9.91. The Morgan fingerprint density at radius 2 is 1.90 bits per heavy atom. The van der Waals surface area contributed by atoms with Crippen LogP contribution in [0, 0.1) is 5.92 Å². The van der Waals surface area contributed by atoms with Gasteiger partial charge in [-0.05, 0) is 61.5 Å². The fraction of sp³-hybridized carbons (Fsp3) is 0.667. The number of halogens is 2. The summed E-state index contributed by atoms with van der Waals surface area (Å²) in [4.78, 5) is 14.6. The Morgan fingerprint density at radius 1 is 1.33 bits per heavy atom. The predicted molar refractivity (Wildman–Crippen MR) is 92.0 cm³/mol. The molecule has 1 fully saturated rings. The highest BCUT2D eigenvalue weighted by atomic mass is 79.9. The van der Waals surface area contributed by atoms with Crippen LogP contribution >= 0.6 is 28.3 Å². The smallest absolute Gasteiger partial charge is 0.270 e. The number of carbonyl (C=O) groups is 1. The first-order valence-corrected chi connectivity index (χ1v) is 8.11. The standard InChI is InChI=1S/C15H24BrN3O.ClH/c1-10(2)19-9-13(16)8-14(19)15(20)18-6-4-12(5-7-18)11(3)17;/h8-12H,4-7,17H2,1-3H3;1H. The quantitative estimate of drug-likeness (QED) is 0.875. The number of likely N-dealkylation sites (tertiary alicyclic amines) is 1. The molecule has 2 heterocycles. The molecule has 1 aliphatic heterocycles. The number of nitrogens with zero attached hydrogens (tertiary/aromatic N) is 2. The number of piperidine rings is 1. The summed E-state index contributed by atoms with van der Waals surface area (Å²) < 4.78 is 2.99. The van der Waals surface area contributed by atoms with E-state index in [1.165, 1.54) is 0 Å². The van der Waals surface area contributed by atoms with Crippen molar-refractivity contribution in [3.05, 3.63) is 22.4 Å². The predicted octanol–water partition coefficient (Wildman–Crippen LogP) is 3.45. The van der Waals surface area contributed by atoms with Crippen LogP contribution in [0.1, 0.15) is 50.1 Å². The topological polar surface area (TPSA) is 51.3 Å². The maximum absolute atomic E-state index is 12.7. The Kier molecular flexibility index (Phi) is 6.75. The van der Waals surface area contributed by atoms with Crippen LogP contribution in [0.2, 0.25) is 0 Å². The molecule has 2 N–H and O–H groups in total. The van der Waals surface area contributed by atoms with Gasteiger partial charge >= 0.3 is 0 Å². The average Bonchev–Trinajstić information content (AvgIpc) is 2.80. The Balaban J connectivity index is 0.00000220. The van der Waals surface area contributed by atoms with E-state index in [9.17, 15) is 4.79 Å². The van der Waals surface area contributed by atoms with Crippen molar-refractivity contribution in [1.29, 1.82) is 0 Å². The van der Waals surface area contributed by atoms with Crippen molar-refractivity contribution in [3.8, 4) is 0 Å². The van der Waals surface area contributed by atoms with Gasteiger partial charge in [-0.15, -0.1) is 12.4 Å². The van der Waals surface area contributed by atoms with E-state index < -0.39 is 0 Å². The molecule has 1 aliphatic rings. The van der Waals surface area contributed by atoms with Crippen LogP contribution in [0.3, 0.4) is 0 Å². The number of amides is 1. The van der Waals surface area contributed by atoms with Gasteiger partial charge in [0.2, 0.25) is 0 Å². The molecule has 4 nitrogen and oxygen atoms in total. The number of hydrogen-bond donors (Lipinski definition) is 1. The minimum absolute atomic E-state index is 0. The molecule has 0 aliphatic carbocycles. The molecule has 1 amide bonds. The summed E-state index contributed by atoms with van der Waals surface area (Å²) in [5, 5.41) is 0. The summed E-state index contributed by atoms with van der Waals surface area (Å²) in [5.41, 5.74) is 6.72. The molecule has 0 spiro atoms. The van der Waals surface area contributed by atoms with Gasteiger partial charge < -0.3 is 15.2 Å². The van der Waals surface area contributed by atoms with E-state index in [1.807, 2.05) is 21.7 Å². The molecule has 2 rings (SSSR count). The maximum Gasteiger partial charge on any atom is 0.270 e. The van der Waals surface area contributed by atoms with Crippen LogP contribution in [0.15, 0.2) is 16.7 Å². The Bertz CT molecular complexity index is 479. The van der Waals surface area contributed by atoms with Gasteiger partial charge in [0.1, 0.15) is 5.69 Å². The second-order valence-corrected chi connectivity index (χ2v) is 6.95. The Labute approximate surface area is 141 Å². The van der Waals surface area contributed by atoms with Crippen molar-refractivity contribution < 1.29 is 4.79 Å². The Morgan fingerprint density at radius 3 is 2.38 bits per heavy atom. The lowest BCUT2D eigenvalue weighted by molar-refractivity contribution is 0.0668. The van der Waals surface area contributed by atoms with E-state index in [1.54, 1.807) is 0 Å². The highest BCUT2D eigenvalue weighted by molar-refractivity contribution is 9.10. The SMILES string of the molecule is CC(N)C1CCN(C(=O)c2cc(Br)cn2C(C)C)CC1.Cl. The van der Waals surface area contributed by atoms with Crippen LogP contribution < -0.4 is 5.73 Å². The maximum atomic E-state index is 12.7. The lowest BCUT2D eigenvalue weighted by Gasteiger charge is -2.34. The van der Waals surface area contributed by atoms with Gasteiger partial charge in [0.05, 0.1) is 0 Å². The van der Waals surface area contributed by atoms with E-state index in [2.05, 4.69) is 36.7 Å². The van der Waals surface area contributed by atoms with Crippen LogP contribution in [-0.4, -0.2) is 34.5 Å². The summed E-state index contributed by atoms with van der Waals surface area (Å²) in [6, 6.07) is 2.42. The fourth-order valence-electron chi connectivity index (χ4n) is 2.83. The van der Waals surface area contributed by atoms with Crippen LogP contribution in [0.4, 0.5) is 0 Å². The van der Waals surface area contributed by atoms with Gasteiger partial charge in [0.15, 0.2) is 0 Å². The van der Waals surface area contributed by atoms with E-state index in [0.717, 1.165) is 36.1 Å². The molecule has 0 radical (unpaired) electrons. The van der Waals surface area contributed by atoms with Gasteiger partial charge in [-0.3, -0.25) is 4.79 Å². The Hall–Kier alpha value is -0.520. The molecule has 21 heavy (non-hydrogen) atoms. The van der Waals surface area contributed by atoms with Crippen LogP contribution in [0.5, 0.6) is 0 Å². The van der Waals surface area contributed by atoms with E-state index in [0.29, 0.717) is 5.92 Å². The molecular weight excluding hydrogens is 354 g/mol. The van der Waals surface area contributed by atoms with Crippen molar-refractivity contribution >= 4 is 34.2 Å². The van der Waals surface area contributed by atoms with Gasteiger partial charge in [-0.25, -0.2) is 0 Å². The first kappa shape index (κ1) is 18.5. The average molecular weight is 379 g/mol. The third-order valence-corrected chi connectivity index (χ3v) is 4.59. The molecule has 1 aromatic rings. The third kappa shape index (κ3) is 4.24. The second-order valence-electron chi connectivity index (χ2n) is 6.03. The minimum atomic E-state index is 0. The van der Waals surface area contributed by atoms with Gasteiger partial charge in [-0.1, -0.05) is 0 Å². The highest BCUT2D eigenvalue weighted by Crippen LogP contribution is 2.24. The van der Waals surface area contributed by atoms with Crippen molar-refractivity contribution in [1.82, 2.24) is 9.47 Å². The molecule has 1 atom stereocenters. The lowest BCUT2D eigenvalue weighted by Crippen LogP contribution is -2.43.